The van der Waals surface area contributed by atoms with Gasteiger partial charge in [0.1, 0.15) is 25.0 Å². The van der Waals surface area contributed by atoms with Crippen LogP contribution >= 0.6 is 0 Å². The maximum absolute atomic E-state index is 12.1. The zero-order valence-electron chi connectivity index (χ0n) is 14.0. The molecule has 1 aliphatic rings. The first kappa shape index (κ1) is 17.3. The standard InChI is InChI=1S/C19H17N3O4/c20-7-8-24-16-4-2-1-3-15(16)13-21-22-19(23)12-14-5-6-17-18(11-14)26-10-9-25-17/h1-6,11,13H,8-10,12H2,(H,22,23)/b21-13+. The SMILES string of the molecule is N#CCOc1ccccc1/C=N/NC(=O)Cc1ccc2c(c1)OCCO2. The highest BCUT2D eigenvalue weighted by Gasteiger charge is 2.13. The largest absolute Gasteiger partial charge is 0.486 e. The third-order valence-corrected chi connectivity index (χ3v) is 3.58. The molecule has 1 N–H and O–H groups in total. The van der Waals surface area contributed by atoms with Crippen LogP contribution in [0.2, 0.25) is 0 Å². The second-order valence-electron chi connectivity index (χ2n) is 5.43. The molecule has 0 fully saturated rings. The van der Waals surface area contributed by atoms with Gasteiger partial charge in [0.05, 0.1) is 12.6 Å². The lowest BCUT2D eigenvalue weighted by atomic mass is 10.1. The molecule has 1 aliphatic heterocycles. The van der Waals surface area contributed by atoms with E-state index in [0.29, 0.717) is 36.0 Å². The highest BCUT2D eigenvalue weighted by Crippen LogP contribution is 2.30. The van der Waals surface area contributed by atoms with Crippen LogP contribution in [0.3, 0.4) is 0 Å². The average Bonchev–Trinajstić information content (AvgIpc) is 2.67. The number of carbonyl (C=O) groups excluding carboxylic acids is 1. The molecule has 0 spiro atoms. The number of carbonyl (C=O) groups is 1. The second-order valence-corrected chi connectivity index (χ2v) is 5.43. The maximum atomic E-state index is 12.1. The molecular formula is C19H17N3O4. The van der Waals surface area contributed by atoms with Crippen LogP contribution in [0, 0.1) is 11.3 Å². The van der Waals surface area contributed by atoms with Crippen molar-refractivity contribution in [2.75, 3.05) is 19.8 Å². The van der Waals surface area contributed by atoms with Gasteiger partial charge in [-0.25, -0.2) is 5.43 Å². The van der Waals surface area contributed by atoms with Crippen molar-refractivity contribution in [1.82, 2.24) is 5.43 Å². The van der Waals surface area contributed by atoms with E-state index in [0.717, 1.165) is 5.56 Å². The molecule has 132 valence electrons. The molecule has 0 aliphatic carbocycles. The lowest BCUT2D eigenvalue weighted by Crippen LogP contribution is -2.20. The van der Waals surface area contributed by atoms with Crippen molar-refractivity contribution in [3.8, 4) is 23.3 Å². The van der Waals surface area contributed by atoms with Gasteiger partial charge in [-0.05, 0) is 29.8 Å². The first-order valence-electron chi connectivity index (χ1n) is 8.05. The minimum absolute atomic E-state index is 0.0542. The van der Waals surface area contributed by atoms with Crippen molar-refractivity contribution < 1.29 is 19.0 Å². The zero-order valence-corrected chi connectivity index (χ0v) is 14.0. The van der Waals surface area contributed by atoms with Crippen LogP contribution in [0.1, 0.15) is 11.1 Å². The Morgan fingerprint density at radius 3 is 2.88 bits per heavy atom. The van der Waals surface area contributed by atoms with E-state index in [4.69, 9.17) is 19.5 Å². The molecular weight excluding hydrogens is 334 g/mol. The van der Waals surface area contributed by atoms with Crippen LogP contribution in [0.25, 0.3) is 0 Å². The van der Waals surface area contributed by atoms with Crippen LogP contribution in [0.5, 0.6) is 17.2 Å². The summed E-state index contributed by atoms with van der Waals surface area (Å²) in [6.07, 6.45) is 1.65. The molecule has 0 bridgehead atoms. The van der Waals surface area contributed by atoms with Gasteiger partial charge in [0, 0.05) is 5.56 Å². The van der Waals surface area contributed by atoms with Crippen molar-refractivity contribution in [2.24, 2.45) is 5.10 Å². The number of hydrogen-bond donors (Lipinski definition) is 1. The van der Waals surface area contributed by atoms with E-state index < -0.39 is 0 Å². The minimum atomic E-state index is -0.256. The molecule has 1 amide bonds. The molecule has 7 nitrogen and oxygen atoms in total. The molecule has 0 aromatic heterocycles. The third-order valence-electron chi connectivity index (χ3n) is 3.58. The molecule has 2 aromatic rings. The summed E-state index contributed by atoms with van der Waals surface area (Å²) in [5.74, 6) is 1.60. The van der Waals surface area contributed by atoms with Crippen molar-refractivity contribution in [1.29, 1.82) is 5.26 Å². The molecule has 0 saturated heterocycles. The van der Waals surface area contributed by atoms with Crippen LogP contribution in [-0.2, 0) is 11.2 Å². The number of benzene rings is 2. The van der Waals surface area contributed by atoms with E-state index in [1.807, 2.05) is 18.2 Å². The molecule has 3 rings (SSSR count). The van der Waals surface area contributed by atoms with Crippen LogP contribution in [0.4, 0.5) is 0 Å². The molecule has 2 aromatic carbocycles. The van der Waals surface area contributed by atoms with Gasteiger partial charge >= 0.3 is 0 Å². The highest BCUT2D eigenvalue weighted by molar-refractivity contribution is 5.85. The van der Waals surface area contributed by atoms with Gasteiger partial charge < -0.3 is 14.2 Å². The lowest BCUT2D eigenvalue weighted by Gasteiger charge is -2.18. The van der Waals surface area contributed by atoms with Gasteiger partial charge in [-0.2, -0.15) is 10.4 Å². The quantitative estimate of drug-likeness (QED) is 0.635. The minimum Gasteiger partial charge on any atom is -0.486 e. The van der Waals surface area contributed by atoms with Crippen LogP contribution in [0.15, 0.2) is 47.6 Å². The summed E-state index contributed by atoms with van der Waals surface area (Å²) in [4.78, 5) is 12.1. The van der Waals surface area contributed by atoms with Crippen molar-refractivity contribution in [3.63, 3.8) is 0 Å². The lowest BCUT2D eigenvalue weighted by molar-refractivity contribution is -0.120. The molecule has 0 radical (unpaired) electrons. The highest BCUT2D eigenvalue weighted by atomic mass is 16.6. The molecule has 0 atom stereocenters. The summed E-state index contributed by atoms with van der Waals surface area (Å²) in [7, 11) is 0. The van der Waals surface area contributed by atoms with Gasteiger partial charge in [-0.1, -0.05) is 18.2 Å². The number of fused-ring (bicyclic) bond motifs is 1. The fourth-order valence-electron chi connectivity index (χ4n) is 2.43. The number of amides is 1. The molecule has 1 heterocycles. The number of nitrogens with one attached hydrogen (secondary N) is 1. The fraction of sp³-hybridized carbons (Fsp3) is 0.211. The van der Waals surface area contributed by atoms with Gasteiger partial charge in [0.15, 0.2) is 18.1 Å². The predicted molar refractivity (Wildman–Crippen MR) is 94.4 cm³/mol. The Balaban J connectivity index is 1.57. The topological polar surface area (TPSA) is 92.9 Å². The van der Waals surface area contributed by atoms with Crippen molar-refractivity contribution >= 4 is 12.1 Å². The van der Waals surface area contributed by atoms with Crippen LogP contribution in [-0.4, -0.2) is 31.9 Å². The smallest absolute Gasteiger partial charge is 0.244 e. The van der Waals surface area contributed by atoms with E-state index in [1.165, 1.54) is 6.21 Å². The van der Waals surface area contributed by atoms with E-state index in [9.17, 15) is 4.79 Å². The molecule has 0 unspecified atom stereocenters. The van der Waals surface area contributed by atoms with E-state index in [1.54, 1.807) is 30.3 Å². The monoisotopic (exact) mass is 351 g/mol. The van der Waals surface area contributed by atoms with Crippen molar-refractivity contribution in [3.05, 3.63) is 53.6 Å². The number of hydrogen-bond acceptors (Lipinski definition) is 6. The number of para-hydroxylation sites is 1. The third kappa shape index (κ3) is 4.51. The predicted octanol–water partition coefficient (Wildman–Crippen LogP) is 2.05. The van der Waals surface area contributed by atoms with Gasteiger partial charge in [-0.15, -0.1) is 0 Å². The summed E-state index contributed by atoms with van der Waals surface area (Å²) in [5.41, 5.74) is 3.96. The molecule has 26 heavy (non-hydrogen) atoms. The number of rotatable bonds is 6. The zero-order chi connectivity index (χ0) is 18.2. The number of hydrazone groups is 1. The molecule has 7 heteroatoms. The summed E-state index contributed by atoms with van der Waals surface area (Å²) in [5, 5.41) is 12.5. The Kier molecular flexibility index (Phi) is 5.68. The normalized spacial score (nSPS) is 12.4. The Hall–Kier alpha value is -3.53. The first-order valence-corrected chi connectivity index (χ1v) is 8.05. The van der Waals surface area contributed by atoms with Crippen LogP contribution < -0.4 is 19.6 Å². The summed E-state index contributed by atoms with van der Waals surface area (Å²) in [6.45, 7) is 0.975. The summed E-state index contributed by atoms with van der Waals surface area (Å²) < 4.78 is 16.3. The maximum Gasteiger partial charge on any atom is 0.244 e. The van der Waals surface area contributed by atoms with E-state index in [2.05, 4.69) is 10.5 Å². The van der Waals surface area contributed by atoms with Gasteiger partial charge in [0.25, 0.3) is 0 Å². The Labute approximate surface area is 150 Å². The summed E-state index contributed by atoms with van der Waals surface area (Å²) >= 11 is 0. The fourth-order valence-corrected chi connectivity index (χ4v) is 2.43. The Morgan fingerprint density at radius 1 is 1.23 bits per heavy atom. The van der Waals surface area contributed by atoms with E-state index in [-0.39, 0.29) is 18.9 Å². The number of nitriles is 1. The second kappa shape index (κ2) is 8.53. The van der Waals surface area contributed by atoms with Crippen molar-refractivity contribution in [2.45, 2.75) is 6.42 Å². The number of nitrogens with zero attached hydrogens (tertiary/aromatic N) is 2. The Morgan fingerprint density at radius 2 is 2.04 bits per heavy atom. The average molecular weight is 351 g/mol. The Bertz CT molecular complexity index is 858. The van der Waals surface area contributed by atoms with E-state index >= 15 is 0 Å². The molecule has 0 saturated carbocycles. The first-order chi connectivity index (χ1) is 12.8. The summed E-state index contributed by atoms with van der Waals surface area (Å²) in [6, 6.07) is 14.4. The van der Waals surface area contributed by atoms with Gasteiger partial charge in [0.2, 0.25) is 5.91 Å². The number of ether oxygens (including phenoxy) is 3. The van der Waals surface area contributed by atoms with Gasteiger partial charge in [-0.3, -0.25) is 4.79 Å².